The number of hydrogen-bond acceptors (Lipinski definition) is 2. The van der Waals surface area contributed by atoms with Crippen molar-refractivity contribution in [3.8, 4) is 22.9 Å². The van der Waals surface area contributed by atoms with Gasteiger partial charge in [0.1, 0.15) is 5.75 Å². The minimum absolute atomic E-state index is 0.267. The third kappa shape index (κ3) is 8.19. The van der Waals surface area contributed by atoms with E-state index in [9.17, 15) is 5.26 Å². The van der Waals surface area contributed by atoms with Gasteiger partial charge in [0.2, 0.25) is 0 Å². The molecule has 2 aromatic carbocycles. The van der Waals surface area contributed by atoms with Crippen molar-refractivity contribution in [2.24, 2.45) is 11.8 Å². The largest absolute Gasteiger partial charge is 0.494 e. The maximum Gasteiger partial charge on any atom is 0.119 e. The molecule has 0 spiro atoms. The summed E-state index contributed by atoms with van der Waals surface area (Å²) in [7, 11) is 0. The predicted octanol–water partition coefficient (Wildman–Crippen LogP) is 9.70. The Kier molecular flexibility index (Phi) is 11.5. The Hall–Kier alpha value is -2.27. The second kappa shape index (κ2) is 14.9. The van der Waals surface area contributed by atoms with Crippen LogP contribution in [0.5, 0.6) is 5.75 Å². The molecule has 3 rings (SSSR count). The van der Waals surface area contributed by atoms with Gasteiger partial charge in [0.05, 0.1) is 12.7 Å². The van der Waals surface area contributed by atoms with Gasteiger partial charge in [-0.05, 0) is 79.2 Å². The lowest BCUT2D eigenvalue weighted by atomic mass is 9.73. The molecule has 0 radical (unpaired) electrons. The highest BCUT2D eigenvalue weighted by Gasteiger charge is 2.28. The summed E-state index contributed by atoms with van der Waals surface area (Å²) in [5.74, 6) is 2.48. The summed E-state index contributed by atoms with van der Waals surface area (Å²) in [6.07, 6.45) is 16.0. The van der Waals surface area contributed by atoms with Crippen LogP contribution in [0.2, 0.25) is 0 Å². The molecule has 1 aliphatic rings. The molecule has 0 aromatic heterocycles. The molecule has 1 fully saturated rings. The Morgan fingerprint density at radius 3 is 1.97 bits per heavy atom. The van der Waals surface area contributed by atoms with Crippen LogP contribution >= 0.6 is 0 Å². The summed E-state index contributed by atoms with van der Waals surface area (Å²) in [6, 6.07) is 20.4. The molecule has 1 atom stereocenters. The second-order valence-corrected chi connectivity index (χ2v) is 10.3. The summed E-state index contributed by atoms with van der Waals surface area (Å²) < 4.78 is 5.85. The van der Waals surface area contributed by atoms with Crippen LogP contribution in [0.25, 0.3) is 11.1 Å². The third-order valence-electron chi connectivity index (χ3n) is 7.71. The zero-order valence-corrected chi connectivity index (χ0v) is 21.6. The summed E-state index contributed by atoms with van der Waals surface area (Å²) in [5.41, 5.74) is 3.97. The van der Waals surface area contributed by atoms with Gasteiger partial charge >= 0.3 is 0 Å². The van der Waals surface area contributed by atoms with Gasteiger partial charge in [0.15, 0.2) is 0 Å². The van der Waals surface area contributed by atoms with Crippen LogP contribution in [0.4, 0.5) is 0 Å². The van der Waals surface area contributed by atoms with Gasteiger partial charge < -0.3 is 4.74 Å². The number of nitrogens with zero attached hydrogens (tertiary/aromatic N) is 1. The van der Waals surface area contributed by atoms with Crippen LogP contribution < -0.4 is 4.74 Å². The quantitative estimate of drug-likeness (QED) is 0.263. The monoisotopic (exact) mass is 459 g/mol. The summed E-state index contributed by atoms with van der Waals surface area (Å²) >= 11 is 0. The minimum atomic E-state index is 0.267. The van der Waals surface area contributed by atoms with E-state index in [0.717, 1.165) is 25.2 Å². The Morgan fingerprint density at radius 2 is 1.35 bits per heavy atom. The first-order valence-electron chi connectivity index (χ1n) is 14.0. The van der Waals surface area contributed by atoms with Crippen LogP contribution in [0.15, 0.2) is 48.5 Å². The number of benzene rings is 2. The molecule has 184 valence electrons. The lowest BCUT2D eigenvalue weighted by Crippen LogP contribution is -2.20. The summed E-state index contributed by atoms with van der Waals surface area (Å²) in [5, 5.41) is 9.73. The van der Waals surface area contributed by atoms with E-state index in [4.69, 9.17) is 4.74 Å². The number of unbranched alkanes of at least 4 members (excludes halogenated alkanes) is 6. The molecule has 1 saturated carbocycles. The SMILES string of the molecule is CCCCCCCC(C#N)C1CCC(c2ccc(-c3ccc(OCCCCC)cc3)cc2)CC1. The highest BCUT2D eigenvalue weighted by atomic mass is 16.5. The molecule has 0 aliphatic heterocycles. The Morgan fingerprint density at radius 1 is 0.765 bits per heavy atom. The molecule has 0 N–H and O–H groups in total. The van der Waals surface area contributed by atoms with E-state index in [1.54, 1.807) is 0 Å². The fraction of sp³-hybridized carbons (Fsp3) is 0.594. The van der Waals surface area contributed by atoms with Crippen molar-refractivity contribution in [1.29, 1.82) is 5.26 Å². The van der Waals surface area contributed by atoms with Gasteiger partial charge in [0.25, 0.3) is 0 Å². The van der Waals surface area contributed by atoms with Crippen LogP contribution in [0.3, 0.4) is 0 Å². The maximum absolute atomic E-state index is 9.73. The second-order valence-electron chi connectivity index (χ2n) is 10.3. The molecular weight excluding hydrogens is 414 g/mol. The van der Waals surface area contributed by atoms with Gasteiger partial charge in [-0.15, -0.1) is 0 Å². The minimum Gasteiger partial charge on any atom is -0.494 e. The van der Waals surface area contributed by atoms with Crippen LogP contribution in [-0.2, 0) is 0 Å². The van der Waals surface area contributed by atoms with Gasteiger partial charge in [-0.2, -0.15) is 5.26 Å². The summed E-state index contributed by atoms with van der Waals surface area (Å²) in [4.78, 5) is 0. The van der Waals surface area contributed by atoms with Crippen molar-refractivity contribution < 1.29 is 4.74 Å². The van der Waals surface area contributed by atoms with Crippen LogP contribution in [0.1, 0.15) is 109 Å². The fourth-order valence-electron chi connectivity index (χ4n) is 5.46. The molecule has 0 bridgehead atoms. The predicted molar refractivity (Wildman–Crippen MR) is 144 cm³/mol. The van der Waals surface area contributed by atoms with E-state index in [-0.39, 0.29) is 5.92 Å². The lowest BCUT2D eigenvalue weighted by Gasteiger charge is -2.31. The van der Waals surface area contributed by atoms with E-state index in [0.29, 0.717) is 11.8 Å². The zero-order valence-electron chi connectivity index (χ0n) is 21.6. The molecule has 0 amide bonds. The number of hydrogen-bond donors (Lipinski definition) is 0. The molecular formula is C32H45NO. The lowest BCUT2D eigenvalue weighted by molar-refractivity contribution is 0.256. The van der Waals surface area contributed by atoms with Crippen molar-refractivity contribution in [2.75, 3.05) is 6.61 Å². The molecule has 0 saturated heterocycles. The smallest absolute Gasteiger partial charge is 0.119 e. The molecule has 0 heterocycles. The average Bonchev–Trinajstić information content (AvgIpc) is 2.89. The first-order chi connectivity index (χ1) is 16.7. The Labute approximate surface area is 208 Å². The number of nitriles is 1. The van der Waals surface area contributed by atoms with Crippen LogP contribution in [-0.4, -0.2) is 6.61 Å². The normalized spacial score (nSPS) is 18.9. The highest BCUT2D eigenvalue weighted by Crippen LogP contribution is 2.40. The molecule has 2 heteroatoms. The first kappa shape index (κ1) is 26.3. The standard InChI is InChI=1S/C32H45NO/c1-3-5-7-8-9-11-31(25-33)30-18-16-27(17-19-30)26-12-14-28(15-13-26)29-20-22-32(23-21-29)34-24-10-6-4-2/h12-15,20-23,27,30-31H,3-11,16-19,24H2,1-2H3. The van der Waals surface area contributed by atoms with Gasteiger partial charge in [-0.3, -0.25) is 0 Å². The van der Waals surface area contributed by atoms with E-state index in [1.165, 1.54) is 87.3 Å². The van der Waals surface area contributed by atoms with Crippen molar-refractivity contribution in [3.63, 3.8) is 0 Å². The Bertz CT molecular complexity index is 840. The van der Waals surface area contributed by atoms with Crippen molar-refractivity contribution in [3.05, 3.63) is 54.1 Å². The van der Waals surface area contributed by atoms with E-state index >= 15 is 0 Å². The van der Waals surface area contributed by atoms with Crippen molar-refractivity contribution in [1.82, 2.24) is 0 Å². The van der Waals surface area contributed by atoms with E-state index in [2.05, 4.69) is 68.4 Å². The maximum atomic E-state index is 9.73. The van der Waals surface area contributed by atoms with Crippen LogP contribution in [0, 0.1) is 23.2 Å². The van der Waals surface area contributed by atoms with Crippen molar-refractivity contribution >= 4 is 0 Å². The van der Waals surface area contributed by atoms with Crippen molar-refractivity contribution in [2.45, 2.75) is 103 Å². The number of rotatable bonds is 14. The topological polar surface area (TPSA) is 33.0 Å². The van der Waals surface area contributed by atoms with Gasteiger partial charge in [0, 0.05) is 5.92 Å². The van der Waals surface area contributed by atoms with Gasteiger partial charge in [-0.1, -0.05) is 95.2 Å². The summed E-state index contributed by atoms with van der Waals surface area (Å²) in [6.45, 7) is 5.28. The molecule has 1 unspecified atom stereocenters. The molecule has 2 aromatic rings. The molecule has 34 heavy (non-hydrogen) atoms. The van der Waals surface area contributed by atoms with E-state index in [1.807, 2.05) is 0 Å². The van der Waals surface area contributed by atoms with Gasteiger partial charge in [-0.25, -0.2) is 0 Å². The zero-order chi connectivity index (χ0) is 24.0. The number of ether oxygens (including phenoxy) is 1. The first-order valence-corrected chi connectivity index (χ1v) is 14.0. The molecule has 1 aliphatic carbocycles. The highest BCUT2D eigenvalue weighted by molar-refractivity contribution is 5.64. The fourth-order valence-corrected chi connectivity index (χ4v) is 5.46. The Balaban J connectivity index is 1.46. The third-order valence-corrected chi connectivity index (χ3v) is 7.71. The van der Waals surface area contributed by atoms with E-state index < -0.39 is 0 Å². The molecule has 2 nitrogen and oxygen atoms in total. The average molecular weight is 460 g/mol.